The van der Waals surface area contributed by atoms with Crippen LogP contribution in [-0.2, 0) is 0 Å². The van der Waals surface area contributed by atoms with Crippen LogP contribution in [0.4, 0.5) is 0 Å². The number of allylic oxidation sites excluding steroid dienone is 1. The predicted molar refractivity (Wildman–Crippen MR) is 59.0 cm³/mol. The molecule has 3 atom stereocenters. The van der Waals surface area contributed by atoms with Gasteiger partial charge in [-0.15, -0.1) is 0 Å². The van der Waals surface area contributed by atoms with Gasteiger partial charge in [-0.25, -0.2) is 0 Å². The van der Waals surface area contributed by atoms with Crippen LogP contribution in [0.3, 0.4) is 0 Å². The minimum atomic E-state index is -0.0735. The van der Waals surface area contributed by atoms with E-state index in [0.717, 1.165) is 19.3 Å². The molecule has 0 aliphatic heterocycles. The molecule has 0 aromatic carbocycles. The predicted octanol–water partition coefficient (Wildman–Crippen LogP) is 3.14. The van der Waals surface area contributed by atoms with Crippen molar-refractivity contribution in [1.82, 2.24) is 0 Å². The quantitative estimate of drug-likeness (QED) is 0.587. The second-order valence-corrected chi connectivity index (χ2v) is 5.82. The summed E-state index contributed by atoms with van der Waals surface area (Å²) in [6, 6.07) is 0. The minimum Gasteiger partial charge on any atom is -0.393 e. The molecular formula is C13H22O. The zero-order valence-electron chi connectivity index (χ0n) is 9.42. The molecule has 0 aromatic rings. The molecular weight excluding hydrogens is 172 g/mol. The Hall–Kier alpha value is -0.300. The van der Waals surface area contributed by atoms with Gasteiger partial charge in [0.05, 0.1) is 6.10 Å². The van der Waals surface area contributed by atoms with Crippen molar-refractivity contribution >= 4 is 0 Å². The van der Waals surface area contributed by atoms with Crippen LogP contribution in [0, 0.1) is 17.3 Å². The fraction of sp³-hybridized carbons (Fsp3) is 0.846. The molecule has 0 spiro atoms. The Bertz CT molecular complexity index is 242. The van der Waals surface area contributed by atoms with Gasteiger partial charge < -0.3 is 5.11 Å². The summed E-state index contributed by atoms with van der Waals surface area (Å²) in [7, 11) is 0. The lowest BCUT2D eigenvalue weighted by Crippen LogP contribution is -2.32. The van der Waals surface area contributed by atoms with Gasteiger partial charge in [0.15, 0.2) is 0 Å². The second kappa shape index (κ2) is 3.37. The Balaban J connectivity index is 2.24. The summed E-state index contributed by atoms with van der Waals surface area (Å²) in [5.41, 5.74) is 1.84. The highest BCUT2D eigenvalue weighted by Gasteiger charge is 2.41. The van der Waals surface area contributed by atoms with Crippen LogP contribution < -0.4 is 0 Å². The molecule has 0 amide bonds. The second-order valence-electron chi connectivity index (χ2n) is 5.82. The van der Waals surface area contributed by atoms with Crippen LogP contribution in [0.2, 0.25) is 0 Å². The van der Waals surface area contributed by atoms with E-state index in [1.165, 1.54) is 18.4 Å². The monoisotopic (exact) mass is 194 g/mol. The van der Waals surface area contributed by atoms with Gasteiger partial charge in [-0.05, 0) is 49.4 Å². The van der Waals surface area contributed by atoms with E-state index < -0.39 is 0 Å². The molecule has 1 N–H and O–H groups in total. The summed E-state index contributed by atoms with van der Waals surface area (Å²) in [5.74, 6) is 1.25. The van der Waals surface area contributed by atoms with Gasteiger partial charge in [-0.3, -0.25) is 0 Å². The number of hydrogen-bond donors (Lipinski definition) is 1. The topological polar surface area (TPSA) is 20.2 Å². The molecule has 80 valence electrons. The zero-order chi connectivity index (χ0) is 10.3. The van der Waals surface area contributed by atoms with Crippen LogP contribution in [0.25, 0.3) is 0 Å². The first kappa shape index (κ1) is 10.2. The largest absolute Gasteiger partial charge is 0.393 e. The lowest BCUT2D eigenvalue weighted by Gasteiger charge is -2.42. The van der Waals surface area contributed by atoms with Gasteiger partial charge in [0.25, 0.3) is 0 Å². The van der Waals surface area contributed by atoms with E-state index in [0.29, 0.717) is 17.3 Å². The van der Waals surface area contributed by atoms with Crippen molar-refractivity contribution in [1.29, 1.82) is 0 Å². The molecule has 1 nitrogen and oxygen atoms in total. The summed E-state index contributed by atoms with van der Waals surface area (Å²) in [6.07, 6.45) is 5.54. The summed E-state index contributed by atoms with van der Waals surface area (Å²) in [4.78, 5) is 0. The van der Waals surface area contributed by atoms with Gasteiger partial charge in [0, 0.05) is 0 Å². The first-order chi connectivity index (χ1) is 6.50. The van der Waals surface area contributed by atoms with Crippen molar-refractivity contribution in [2.45, 2.75) is 52.1 Å². The molecule has 2 bridgehead atoms. The molecule has 1 heteroatoms. The number of rotatable bonds is 0. The van der Waals surface area contributed by atoms with Crippen LogP contribution in [0.15, 0.2) is 12.2 Å². The van der Waals surface area contributed by atoms with Crippen LogP contribution >= 0.6 is 0 Å². The van der Waals surface area contributed by atoms with E-state index in [2.05, 4.69) is 20.4 Å². The van der Waals surface area contributed by atoms with E-state index in [1.807, 2.05) is 0 Å². The van der Waals surface area contributed by atoms with Gasteiger partial charge in [0.1, 0.15) is 0 Å². The maximum Gasteiger partial charge on any atom is 0.0546 e. The van der Waals surface area contributed by atoms with Gasteiger partial charge in [0.2, 0.25) is 0 Å². The van der Waals surface area contributed by atoms with Crippen molar-refractivity contribution in [3.63, 3.8) is 0 Å². The smallest absolute Gasteiger partial charge is 0.0546 e. The Morgan fingerprint density at radius 1 is 1.29 bits per heavy atom. The highest BCUT2D eigenvalue weighted by molar-refractivity contribution is 5.15. The van der Waals surface area contributed by atoms with E-state index in [9.17, 15) is 5.11 Å². The molecule has 0 aromatic heterocycles. The zero-order valence-corrected chi connectivity index (χ0v) is 9.42. The van der Waals surface area contributed by atoms with Crippen molar-refractivity contribution in [2.24, 2.45) is 17.3 Å². The highest BCUT2D eigenvalue weighted by Crippen LogP contribution is 2.51. The summed E-state index contributed by atoms with van der Waals surface area (Å²) in [5, 5.41) is 9.78. The van der Waals surface area contributed by atoms with E-state index in [4.69, 9.17) is 0 Å². The first-order valence-corrected chi connectivity index (χ1v) is 5.87. The third-order valence-corrected chi connectivity index (χ3v) is 4.40. The van der Waals surface area contributed by atoms with Crippen molar-refractivity contribution in [3.8, 4) is 0 Å². The molecule has 0 heterocycles. The molecule has 2 fully saturated rings. The average Bonchev–Trinajstić information content (AvgIpc) is 2.19. The molecule has 2 aliphatic carbocycles. The van der Waals surface area contributed by atoms with Crippen LogP contribution in [0.5, 0.6) is 0 Å². The fourth-order valence-corrected chi connectivity index (χ4v) is 3.34. The summed E-state index contributed by atoms with van der Waals surface area (Å²) < 4.78 is 0. The van der Waals surface area contributed by atoms with E-state index >= 15 is 0 Å². The molecule has 3 unspecified atom stereocenters. The van der Waals surface area contributed by atoms with E-state index in [1.54, 1.807) is 0 Å². The average molecular weight is 194 g/mol. The minimum absolute atomic E-state index is 0.0735. The first-order valence-electron chi connectivity index (χ1n) is 5.87. The Morgan fingerprint density at radius 3 is 2.71 bits per heavy atom. The SMILES string of the molecule is C=C1C2CCC(C)(C)C1CCC(O)C2. The maximum absolute atomic E-state index is 9.78. The summed E-state index contributed by atoms with van der Waals surface area (Å²) >= 11 is 0. The summed E-state index contributed by atoms with van der Waals surface area (Å²) in [6.45, 7) is 8.99. The third kappa shape index (κ3) is 1.63. The van der Waals surface area contributed by atoms with Crippen LogP contribution in [0.1, 0.15) is 46.0 Å². The number of aliphatic hydroxyl groups excluding tert-OH is 1. The standard InChI is InChI=1S/C13H22O/c1-9-10-6-7-13(2,3)12(9)5-4-11(14)8-10/h10-12,14H,1,4-8H2,2-3H3. The highest BCUT2D eigenvalue weighted by atomic mass is 16.3. The molecule has 2 saturated carbocycles. The maximum atomic E-state index is 9.78. The Morgan fingerprint density at radius 2 is 2.00 bits per heavy atom. The van der Waals surface area contributed by atoms with Crippen molar-refractivity contribution in [2.75, 3.05) is 0 Å². The molecule has 2 rings (SSSR count). The van der Waals surface area contributed by atoms with Gasteiger partial charge in [-0.2, -0.15) is 0 Å². The number of fused-ring (bicyclic) bond motifs is 2. The normalized spacial score (nSPS) is 41.9. The van der Waals surface area contributed by atoms with Crippen molar-refractivity contribution < 1.29 is 5.11 Å². The lowest BCUT2D eigenvalue weighted by atomic mass is 9.62. The fourth-order valence-electron chi connectivity index (χ4n) is 3.34. The third-order valence-electron chi connectivity index (χ3n) is 4.40. The van der Waals surface area contributed by atoms with Crippen LogP contribution in [-0.4, -0.2) is 11.2 Å². The Labute approximate surface area is 87.2 Å². The van der Waals surface area contributed by atoms with Gasteiger partial charge >= 0.3 is 0 Å². The lowest BCUT2D eigenvalue weighted by molar-refractivity contribution is 0.143. The van der Waals surface area contributed by atoms with Crippen molar-refractivity contribution in [3.05, 3.63) is 12.2 Å². The number of aliphatic hydroxyl groups is 1. The number of hydrogen-bond acceptors (Lipinski definition) is 1. The van der Waals surface area contributed by atoms with E-state index in [-0.39, 0.29) is 6.10 Å². The molecule has 0 radical (unpaired) electrons. The molecule has 0 saturated heterocycles. The molecule has 2 aliphatic rings. The Kier molecular flexibility index (Phi) is 2.46. The van der Waals surface area contributed by atoms with Gasteiger partial charge in [-0.1, -0.05) is 26.0 Å². The molecule has 14 heavy (non-hydrogen) atoms.